The Labute approximate surface area is 170 Å². The Morgan fingerprint density at radius 2 is 1.50 bits per heavy atom. The molecule has 2 heterocycles. The first kappa shape index (κ1) is 18.1. The Bertz CT molecular complexity index is 1490. The number of pyridine rings is 1. The molecule has 1 aliphatic carbocycles. The van der Waals surface area contributed by atoms with Gasteiger partial charge in [0, 0.05) is 30.8 Å². The Kier molecular flexibility index (Phi) is 3.76. The summed E-state index contributed by atoms with van der Waals surface area (Å²) in [5, 5.41) is 0.240. The molecule has 0 aliphatic heterocycles. The highest BCUT2D eigenvalue weighted by molar-refractivity contribution is 6.26. The first-order valence-corrected chi connectivity index (χ1v) is 9.36. The molecule has 0 bridgehead atoms. The van der Waals surface area contributed by atoms with Crippen molar-refractivity contribution in [3.8, 4) is 28.1 Å². The molecule has 0 amide bonds. The number of hydrogen-bond donors (Lipinski definition) is 0. The van der Waals surface area contributed by atoms with Gasteiger partial charge in [0.05, 0.1) is 23.8 Å². The highest BCUT2D eigenvalue weighted by Gasteiger charge is 2.34. The summed E-state index contributed by atoms with van der Waals surface area (Å²) in [5.74, 6) is 0.473. The van der Waals surface area contributed by atoms with E-state index in [1.165, 1.54) is 11.6 Å². The van der Waals surface area contributed by atoms with Crippen LogP contribution in [0.4, 0.5) is 0 Å². The standard InChI is InChI=1S/C23H17N3O4/c1-25-21-18(22(28)26(2)23(25)29)16(12-8-10-13(30-3)11-9-12)17-19(24-21)14-6-4-5-7-15(14)20(17)27/h4-11H,1-3H3. The lowest BCUT2D eigenvalue weighted by atomic mass is 9.95. The number of ketones is 1. The molecular formula is C23H17N3O4. The average Bonchev–Trinajstić information content (AvgIpc) is 3.07. The van der Waals surface area contributed by atoms with Crippen molar-refractivity contribution >= 4 is 16.8 Å². The van der Waals surface area contributed by atoms with Crippen LogP contribution < -0.4 is 16.0 Å². The molecular weight excluding hydrogens is 382 g/mol. The number of hydrogen-bond acceptors (Lipinski definition) is 5. The predicted octanol–water partition coefficient (Wildman–Crippen LogP) is 2.52. The normalized spacial score (nSPS) is 12.2. The number of aryl methyl sites for hydroxylation is 1. The molecule has 0 N–H and O–H groups in total. The second-order valence-corrected chi connectivity index (χ2v) is 7.22. The summed E-state index contributed by atoms with van der Waals surface area (Å²) in [7, 11) is 4.57. The van der Waals surface area contributed by atoms with Crippen LogP contribution in [0.5, 0.6) is 5.75 Å². The van der Waals surface area contributed by atoms with Crippen molar-refractivity contribution in [2.45, 2.75) is 0 Å². The van der Waals surface area contributed by atoms with Crippen LogP contribution in [0.25, 0.3) is 33.4 Å². The van der Waals surface area contributed by atoms with Crippen LogP contribution >= 0.6 is 0 Å². The van der Waals surface area contributed by atoms with Crippen LogP contribution in [0.15, 0.2) is 58.1 Å². The van der Waals surface area contributed by atoms with Gasteiger partial charge in [0.1, 0.15) is 5.75 Å². The number of carbonyl (C=O) groups is 1. The topological polar surface area (TPSA) is 83.2 Å². The Morgan fingerprint density at radius 3 is 2.17 bits per heavy atom. The number of aromatic nitrogens is 3. The lowest BCUT2D eigenvalue weighted by Gasteiger charge is -2.15. The third kappa shape index (κ3) is 2.26. The summed E-state index contributed by atoms with van der Waals surface area (Å²) in [4.78, 5) is 43.7. The quantitative estimate of drug-likeness (QED) is 0.456. The SMILES string of the molecule is COc1ccc(-c2c3c(nc4c2c(=O)n(C)c(=O)n4C)-c2ccccc2C3=O)cc1. The minimum Gasteiger partial charge on any atom is -0.497 e. The molecule has 0 saturated heterocycles. The van der Waals surface area contributed by atoms with Gasteiger partial charge in [-0.3, -0.25) is 18.7 Å². The molecule has 30 heavy (non-hydrogen) atoms. The number of ether oxygens (including phenoxy) is 1. The van der Waals surface area contributed by atoms with Crippen molar-refractivity contribution < 1.29 is 9.53 Å². The molecule has 0 unspecified atom stereocenters. The monoisotopic (exact) mass is 399 g/mol. The van der Waals surface area contributed by atoms with Crippen molar-refractivity contribution in [1.82, 2.24) is 14.1 Å². The second kappa shape index (κ2) is 6.25. The molecule has 0 spiro atoms. The fourth-order valence-corrected chi connectivity index (χ4v) is 4.07. The summed E-state index contributed by atoms with van der Waals surface area (Å²) < 4.78 is 7.62. The number of rotatable bonds is 2. The molecule has 0 saturated carbocycles. The summed E-state index contributed by atoms with van der Waals surface area (Å²) in [6.45, 7) is 0. The molecule has 0 atom stereocenters. The molecule has 2 aromatic carbocycles. The van der Waals surface area contributed by atoms with Crippen LogP contribution in [-0.2, 0) is 14.1 Å². The molecule has 7 heteroatoms. The van der Waals surface area contributed by atoms with Crippen molar-refractivity contribution in [3.63, 3.8) is 0 Å². The predicted molar refractivity (Wildman–Crippen MR) is 113 cm³/mol. The molecule has 2 aromatic heterocycles. The van der Waals surface area contributed by atoms with E-state index in [0.29, 0.717) is 39.3 Å². The zero-order valence-corrected chi connectivity index (χ0v) is 16.6. The zero-order chi connectivity index (χ0) is 21.2. The average molecular weight is 399 g/mol. The van der Waals surface area contributed by atoms with E-state index in [-0.39, 0.29) is 16.8 Å². The minimum absolute atomic E-state index is 0.184. The first-order chi connectivity index (χ1) is 14.4. The Morgan fingerprint density at radius 1 is 0.833 bits per heavy atom. The van der Waals surface area contributed by atoms with Gasteiger partial charge in [-0.2, -0.15) is 0 Å². The second-order valence-electron chi connectivity index (χ2n) is 7.22. The summed E-state index contributed by atoms with van der Waals surface area (Å²) >= 11 is 0. The highest BCUT2D eigenvalue weighted by Crippen LogP contribution is 2.42. The van der Waals surface area contributed by atoms with Gasteiger partial charge in [-0.05, 0) is 17.7 Å². The Hall–Kier alpha value is -4.00. The van der Waals surface area contributed by atoms with Gasteiger partial charge in [0.15, 0.2) is 11.4 Å². The fourth-order valence-electron chi connectivity index (χ4n) is 4.07. The molecule has 0 radical (unpaired) electrons. The van der Waals surface area contributed by atoms with E-state index in [2.05, 4.69) is 4.98 Å². The van der Waals surface area contributed by atoms with E-state index < -0.39 is 11.2 Å². The summed E-state index contributed by atoms with van der Waals surface area (Å²) in [6.07, 6.45) is 0. The van der Waals surface area contributed by atoms with Crippen LogP contribution in [0.2, 0.25) is 0 Å². The van der Waals surface area contributed by atoms with Gasteiger partial charge in [-0.1, -0.05) is 36.4 Å². The van der Waals surface area contributed by atoms with Crippen molar-refractivity contribution in [1.29, 1.82) is 0 Å². The van der Waals surface area contributed by atoms with Gasteiger partial charge in [-0.25, -0.2) is 9.78 Å². The van der Waals surface area contributed by atoms with Gasteiger partial charge < -0.3 is 4.74 Å². The summed E-state index contributed by atoms with van der Waals surface area (Å²) in [5.41, 5.74) is 2.54. The van der Waals surface area contributed by atoms with Crippen LogP contribution in [-0.4, -0.2) is 27.0 Å². The van der Waals surface area contributed by atoms with Crippen LogP contribution in [0, 0.1) is 0 Å². The van der Waals surface area contributed by atoms with Crippen molar-refractivity contribution in [3.05, 3.63) is 80.5 Å². The number of benzene rings is 2. The van der Waals surface area contributed by atoms with E-state index in [1.54, 1.807) is 50.6 Å². The Balaban J connectivity index is 2.02. The maximum atomic E-state index is 13.4. The fraction of sp³-hybridized carbons (Fsp3) is 0.130. The zero-order valence-electron chi connectivity index (χ0n) is 16.6. The highest BCUT2D eigenvalue weighted by atomic mass is 16.5. The number of carbonyl (C=O) groups excluding carboxylic acids is 1. The molecule has 4 aromatic rings. The number of methoxy groups -OCH3 is 1. The summed E-state index contributed by atoms with van der Waals surface area (Å²) in [6, 6.07) is 14.4. The molecule has 5 rings (SSSR count). The molecule has 7 nitrogen and oxygen atoms in total. The third-order valence-corrected chi connectivity index (χ3v) is 5.62. The van der Waals surface area contributed by atoms with Crippen LogP contribution in [0.1, 0.15) is 15.9 Å². The van der Waals surface area contributed by atoms with E-state index in [1.807, 2.05) is 12.1 Å². The van der Waals surface area contributed by atoms with Gasteiger partial charge in [-0.15, -0.1) is 0 Å². The maximum Gasteiger partial charge on any atom is 0.332 e. The van der Waals surface area contributed by atoms with E-state index in [9.17, 15) is 14.4 Å². The van der Waals surface area contributed by atoms with Crippen molar-refractivity contribution in [2.24, 2.45) is 14.1 Å². The molecule has 148 valence electrons. The van der Waals surface area contributed by atoms with Crippen molar-refractivity contribution in [2.75, 3.05) is 7.11 Å². The third-order valence-electron chi connectivity index (χ3n) is 5.62. The van der Waals surface area contributed by atoms with Gasteiger partial charge in [0.2, 0.25) is 0 Å². The van der Waals surface area contributed by atoms with Gasteiger partial charge >= 0.3 is 5.69 Å². The molecule has 0 fully saturated rings. The van der Waals surface area contributed by atoms with E-state index in [0.717, 1.165) is 4.57 Å². The van der Waals surface area contributed by atoms with E-state index in [4.69, 9.17) is 4.74 Å². The van der Waals surface area contributed by atoms with Gasteiger partial charge in [0.25, 0.3) is 5.56 Å². The number of fused-ring (bicyclic) bond motifs is 4. The van der Waals surface area contributed by atoms with Crippen LogP contribution in [0.3, 0.4) is 0 Å². The largest absolute Gasteiger partial charge is 0.497 e. The minimum atomic E-state index is -0.488. The number of nitrogens with zero attached hydrogens (tertiary/aromatic N) is 3. The lowest BCUT2D eigenvalue weighted by Crippen LogP contribution is -2.37. The van der Waals surface area contributed by atoms with E-state index >= 15 is 0 Å². The maximum absolute atomic E-state index is 13.4. The molecule has 1 aliphatic rings. The smallest absolute Gasteiger partial charge is 0.332 e. The first-order valence-electron chi connectivity index (χ1n) is 9.36. The lowest BCUT2D eigenvalue weighted by molar-refractivity contribution is 0.104.